The molecule has 9 atom stereocenters. The second-order valence-electron chi connectivity index (χ2n) is 34.7. The van der Waals surface area contributed by atoms with E-state index < -0.39 is 42.2 Å². The number of aliphatic hydroxyl groups excluding tert-OH is 4. The largest absolute Gasteiger partial charge is 0.396 e. The van der Waals surface area contributed by atoms with Crippen LogP contribution in [0, 0.1) is 11.8 Å². The molecule has 21 rings (SSSR count). The van der Waals surface area contributed by atoms with Gasteiger partial charge in [-0.15, -0.1) is 0 Å². The van der Waals surface area contributed by atoms with Crippen LogP contribution in [0.25, 0.3) is 85.2 Å². The predicted octanol–water partition coefficient (Wildman–Crippen LogP) is 8.62. The molecular formula is C90H102F10N34O7S. The molecule has 8 unspecified atom stereocenters. The van der Waals surface area contributed by atoms with Gasteiger partial charge in [0.05, 0.1) is 91.1 Å². The van der Waals surface area contributed by atoms with E-state index in [-0.39, 0.29) is 110 Å². The molecule has 750 valence electrons. The van der Waals surface area contributed by atoms with E-state index in [1.54, 1.807) is 43.0 Å². The van der Waals surface area contributed by atoms with Crippen molar-refractivity contribution in [3.05, 3.63) is 182 Å². The van der Waals surface area contributed by atoms with Crippen LogP contribution in [-0.2, 0) is 14.8 Å². The van der Waals surface area contributed by atoms with E-state index in [2.05, 4.69) is 154 Å². The summed E-state index contributed by atoms with van der Waals surface area (Å²) in [7, 11) is -3.29. The number of nitrogens with one attached hydrogen (secondary N) is 4. The van der Waals surface area contributed by atoms with E-state index in [1.165, 1.54) is 121 Å². The van der Waals surface area contributed by atoms with Gasteiger partial charge in [-0.05, 0) is 125 Å². The third-order valence-electron chi connectivity index (χ3n) is 25.2. The summed E-state index contributed by atoms with van der Waals surface area (Å²) in [5.41, 5.74) is 5.94. The molecule has 1 saturated carbocycles. The summed E-state index contributed by atoms with van der Waals surface area (Å²) in [6, 6.07) is 23.4. The number of aliphatic hydroxyl groups is 4. The minimum atomic E-state index is -3.29. The maximum Gasteiger partial charge on any atom is 0.282 e. The number of alkyl halides is 10. The average Bonchev–Trinajstić information content (AvgIpc) is 1.62. The van der Waals surface area contributed by atoms with Gasteiger partial charge >= 0.3 is 0 Å². The van der Waals surface area contributed by atoms with E-state index in [4.69, 9.17) is 4.74 Å². The van der Waals surface area contributed by atoms with Crippen LogP contribution in [0.1, 0.15) is 120 Å². The minimum Gasteiger partial charge on any atom is -0.396 e. The van der Waals surface area contributed by atoms with Crippen LogP contribution >= 0.6 is 0 Å². The molecule has 0 radical (unpaired) electrons. The number of piperidine rings is 1. The van der Waals surface area contributed by atoms with Gasteiger partial charge in [0.25, 0.3) is 32.1 Å². The van der Waals surface area contributed by atoms with E-state index >= 15 is 0 Å². The predicted molar refractivity (Wildman–Crippen MR) is 500 cm³/mol. The summed E-state index contributed by atoms with van der Waals surface area (Å²) in [4.78, 5) is 75.0. The number of halogens is 10. The molecule has 20 heterocycles. The number of anilines is 5. The van der Waals surface area contributed by atoms with Crippen LogP contribution in [0.3, 0.4) is 0 Å². The normalized spacial score (nSPS) is 20.2. The zero-order chi connectivity index (χ0) is 99.6. The molecular weight excluding hydrogens is 1890 g/mol. The molecule has 41 nitrogen and oxygen atoms in total. The number of ether oxygens (including phenoxy) is 1. The number of imidazole rings is 5. The van der Waals surface area contributed by atoms with Crippen LogP contribution in [0.15, 0.2) is 154 Å². The van der Waals surface area contributed by atoms with Crippen molar-refractivity contribution in [2.45, 2.75) is 140 Å². The van der Waals surface area contributed by atoms with E-state index in [1.807, 2.05) is 24.0 Å². The van der Waals surface area contributed by atoms with E-state index in [9.17, 15) is 72.7 Å². The lowest BCUT2D eigenvalue weighted by atomic mass is 9.92. The molecule has 8 N–H and O–H groups in total. The Kier molecular flexibility index (Phi) is 31.5. The highest BCUT2D eigenvalue weighted by Crippen LogP contribution is 2.39. The monoisotopic (exact) mass is 1990 g/mol. The van der Waals surface area contributed by atoms with Crippen molar-refractivity contribution < 1.29 is 77.5 Å². The van der Waals surface area contributed by atoms with Gasteiger partial charge in [0, 0.05) is 152 Å². The lowest BCUT2D eigenvalue weighted by molar-refractivity contribution is -0.0596. The first-order valence-electron chi connectivity index (χ1n) is 46.0. The molecule has 52 heteroatoms. The van der Waals surface area contributed by atoms with Gasteiger partial charge in [-0.1, -0.05) is 6.92 Å². The highest BCUT2D eigenvalue weighted by atomic mass is 32.2. The summed E-state index contributed by atoms with van der Waals surface area (Å²) in [6.07, 6.45) is 8.49. The molecule has 0 amide bonds. The molecule has 15 aromatic rings. The Morgan fingerprint density at radius 3 is 1.21 bits per heavy atom. The van der Waals surface area contributed by atoms with Crippen molar-refractivity contribution in [2.75, 3.05) is 129 Å². The zero-order valence-corrected chi connectivity index (χ0v) is 77.9. The first-order chi connectivity index (χ1) is 68.7. The summed E-state index contributed by atoms with van der Waals surface area (Å²) >= 11 is 0. The highest BCUT2D eigenvalue weighted by Gasteiger charge is 2.40. The molecule has 0 aromatic carbocycles. The third kappa shape index (κ3) is 23.2. The number of aromatic nitrogens is 25. The fraction of sp³-hybridized carbons (Fsp3) is 0.444. The Labute approximate surface area is 804 Å². The topological polar surface area (TPSA) is 468 Å². The summed E-state index contributed by atoms with van der Waals surface area (Å²) < 4.78 is 168. The highest BCUT2D eigenvalue weighted by molar-refractivity contribution is 7.88. The summed E-state index contributed by atoms with van der Waals surface area (Å²) in [5, 5.41) is 67.7. The number of piperazine rings is 3. The van der Waals surface area contributed by atoms with Crippen LogP contribution in [-0.4, -0.2) is 305 Å². The molecule has 0 bridgehead atoms. The van der Waals surface area contributed by atoms with Crippen molar-refractivity contribution in [1.82, 2.24) is 144 Å². The third-order valence-corrected chi connectivity index (χ3v) is 25.9. The first-order valence-corrected chi connectivity index (χ1v) is 47.9. The summed E-state index contributed by atoms with van der Waals surface area (Å²) in [5.74, 6) is 4.29. The average molecular weight is 1990 g/mol. The van der Waals surface area contributed by atoms with Gasteiger partial charge < -0.3 is 65.6 Å². The van der Waals surface area contributed by atoms with Crippen LogP contribution in [0.2, 0.25) is 0 Å². The smallest absolute Gasteiger partial charge is 0.282 e. The fourth-order valence-electron chi connectivity index (χ4n) is 17.5. The number of rotatable bonds is 25. The Balaban J connectivity index is 0.000000122. The number of hydrogen-bond donors (Lipinski definition) is 8. The van der Waals surface area contributed by atoms with Gasteiger partial charge in [-0.2, -0.15) is 25.5 Å². The fourth-order valence-corrected chi connectivity index (χ4v) is 18.1. The standard InChI is InChI=1S/C19H20F2N6O2.C19H22F2N6O.C18H22F2N8O2S.C18H21F2N7O.C16H17F2N7O/c20-19(21)13-3-4-17-22-6-15(27(17)25-13)14-5-18(24-10-23-14)26-7-12(9-28)29-16(8-26)11-1-2-11;1-2-13-4-3-12(10-28)9-26(13)18-7-15(23-11-24-18)16-8-22-17-6-5-14(19(20)21)25-27(16)17;1-11-6-21-12(7-25-31(2,29)30)9-27(11)17-5-14(23-10-24-17)15-8-22-16-4-3-13(18(19)20)26-28(15)16;1-11-12(4-7-28)21-5-6-26(11)17-8-14(23-10-24-17)15-9-22-16-3-2-13(18(19)20)25-27(15)16;17-16(18)11-1-2-14-20-6-13(25(14)23-11)12-5-15(22-9-21-12)24-4-3-19-10(7-24)8-26/h3-6,10-12,16,19,28H,1-2,7-9H2;5-8,11-13,19,28H,2-4,9-10H2,1H3;3-5,8,10-12,18,21,25H,6-7,9H2,1-2H3;2-3,8-12,18,21,28H,4-7H2,1H3;1-2,5-6,9-10,16,19,26H,3-4,7-8H2/t;;;;10-/m....0/s1. The molecule has 0 spiro atoms. The molecule has 1 aliphatic carbocycles. The molecule has 6 fully saturated rings. The SMILES string of the molecule is CC1C(CCO)NCCN1c1cc(-c2cnc3ccc(C(F)F)nn23)ncn1.CC1CNC(CNS(C)(=O)=O)CN1c1cc(-c2cnc3ccc(C(F)F)nn23)ncn1.CCC1CCC(CO)CN1c1cc(-c2cnc3ccc(C(F)F)nn23)ncn1.OCC1CN(c2cc(-c3cnc4ccc(C(F)F)nn34)ncn2)CC(C2CC2)O1.OC[C@@H]1CN(c2cc(-c3cnc4ccc(C(F)F)nn34)ncn2)CCN1. The van der Waals surface area contributed by atoms with Crippen LogP contribution < -0.4 is 45.2 Å². The maximum absolute atomic E-state index is 13.1. The van der Waals surface area contributed by atoms with Gasteiger partial charge in [0.15, 0.2) is 28.2 Å². The van der Waals surface area contributed by atoms with Crippen molar-refractivity contribution in [1.29, 1.82) is 0 Å². The molecule has 5 aliphatic heterocycles. The second-order valence-corrected chi connectivity index (χ2v) is 36.6. The van der Waals surface area contributed by atoms with E-state index in [0.717, 1.165) is 82.7 Å². The number of morpholine rings is 1. The Bertz CT molecular complexity index is 6930. The van der Waals surface area contributed by atoms with Crippen molar-refractivity contribution >= 4 is 67.3 Å². The van der Waals surface area contributed by atoms with E-state index in [0.29, 0.717) is 154 Å². The van der Waals surface area contributed by atoms with Gasteiger partial charge in [-0.3, -0.25) is 0 Å². The van der Waals surface area contributed by atoms with Crippen molar-refractivity contribution in [3.63, 3.8) is 0 Å². The lowest BCUT2D eigenvalue weighted by Gasteiger charge is -2.40. The second kappa shape index (κ2) is 44.7. The van der Waals surface area contributed by atoms with Gasteiger partial charge in [-0.25, -0.2) is 154 Å². The molecule has 15 aromatic heterocycles. The summed E-state index contributed by atoms with van der Waals surface area (Å²) in [6.45, 7) is 13.5. The molecule has 5 saturated heterocycles. The Morgan fingerprint density at radius 1 is 0.423 bits per heavy atom. The van der Waals surface area contributed by atoms with Gasteiger partial charge in [0.2, 0.25) is 10.0 Å². The minimum absolute atomic E-state index is 0.0202. The maximum atomic E-state index is 13.1. The van der Waals surface area contributed by atoms with Crippen LogP contribution in [0.5, 0.6) is 0 Å². The zero-order valence-electron chi connectivity index (χ0n) is 77.1. The lowest BCUT2D eigenvalue weighted by Crippen LogP contribution is -2.59. The Hall–Kier alpha value is -13.6. The molecule has 6 aliphatic rings. The molecule has 142 heavy (non-hydrogen) atoms. The van der Waals surface area contributed by atoms with Crippen molar-refractivity contribution in [2.24, 2.45) is 11.8 Å². The number of fused-ring (bicyclic) bond motifs is 5. The van der Waals surface area contributed by atoms with Crippen LogP contribution in [0.4, 0.5) is 73.0 Å². The Morgan fingerprint density at radius 2 is 0.824 bits per heavy atom. The van der Waals surface area contributed by atoms with Gasteiger partial charge in [0.1, 0.15) is 118 Å². The number of nitrogens with zero attached hydrogens (tertiary/aromatic N) is 30. The quantitative estimate of drug-likeness (QED) is 0.0248. The first kappa shape index (κ1) is 99.9. The van der Waals surface area contributed by atoms with Crippen molar-refractivity contribution in [3.8, 4) is 56.9 Å². The number of sulfonamides is 1. The number of hydrogen-bond acceptors (Lipinski definition) is 35.